The van der Waals surface area contributed by atoms with Gasteiger partial charge in [0.2, 0.25) is 0 Å². The molecular weight excluding hydrogens is 230 g/mol. The van der Waals surface area contributed by atoms with Crippen molar-refractivity contribution in [2.24, 2.45) is 0 Å². The number of phenols is 1. The maximum atomic E-state index is 9.97. The molecule has 0 aliphatic rings. The van der Waals surface area contributed by atoms with Crippen LogP contribution >= 0.6 is 0 Å². The van der Waals surface area contributed by atoms with Gasteiger partial charge in [0.25, 0.3) is 0 Å². The Labute approximate surface area is 109 Å². The number of nitrogens with one attached hydrogen (secondary N) is 1. The van der Waals surface area contributed by atoms with E-state index in [-0.39, 0.29) is 17.9 Å². The molecular formula is C14H23NO3. The van der Waals surface area contributed by atoms with Gasteiger partial charge in [-0.2, -0.15) is 0 Å². The summed E-state index contributed by atoms with van der Waals surface area (Å²) in [6, 6.07) is 5.44. The fourth-order valence-electron chi connectivity index (χ4n) is 1.82. The maximum absolute atomic E-state index is 9.97. The largest absolute Gasteiger partial charge is 0.504 e. The topological polar surface area (TPSA) is 61.7 Å². The van der Waals surface area contributed by atoms with E-state index < -0.39 is 0 Å². The van der Waals surface area contributed by atoms with Gasteiger partial charge in [0.05, 0.1) is 7.11 Å². The number of rotatable bonds is 7. The van der Waals surface area contributed by atoms with Crippen LogP contribution in [0, 0.1) is 0 Å². The van der Waals surface area contributed by atoms with E-state index in [0.29, 0.717) is 18.7 Å². The van der Waals surface area contributed by atoms with Gasteiger partial charge in [-0.05, 0) is 25.8 Å². The SMILES string of the molecule is CCC(C)(CCO)NCc1cccc(OC)c1O. The third-order valence-corrected chi connectivity index (χ3v) is 3.45. The van der Waals surface area contributed by atoms with E-state index in [9.17, 15) is 5.11 Å². The van der Waals surface area contributed by atoms with E-state index in [4.69, 9.17) is 9.84 Å². The lowest BCUT2D eigenvalue weighted by atomic mass is 9.94. The number of phenolic OH excluding ortho intramolecular Hbond substituents is 1. The number of aliphatic hydroxyl groups is 1. The Bertz CT molecular complexity index is 381. The molecule has 0 aliphatic carbocycles. The number of hydrogen-bond donors (Lipinski definition) is 3. The van der Waals surface area contributed by atoms with E-state index in [1.807, 2.05) is 12.1 Å². The minimum atomic E-state index is -0.121. The van der Waals surface area contributed by atoms with Gasteiger partial charge in [-0.15, -0.1) is 0 Å². The average Bonchev–Trinajstić information content (AvgIpc) is 2.38. The van der Waals surface area contributed by atoms with Crippen LogP contribution in [0.3, 0.4) is 0 Å². The first-order chi connectivity index (χ1) is 8.56. The van der Waals surface area contributed by atoms with Gasteiger partial charge in [0.1, 0.15) is 0 Å². The van der Waals surface area contributed by atoms with Crippen molar-refractivity contribution >= 4 is 0 Å². The van der Waals surface area contributed by atoms with Crippen LogP contribution in [0.5, 0.6) is 11.5 Å². The highest BCUT2D eigenvalue weighted by Gasteiger charge is 2.21. The number of para-hydroxylation sites is 1. The molecule has 18 heavy (non-hydrogen) atoms. The Morgan fingerprint density at radius 1 is 1.39 bits per heavy atom. The first kappa shape index (κ1) is 14.8. The van der Waals surface area contributed by atoms with Crippen LogP contribution in [-0.2, 0) is 6.54 Å². The minimum absolute atomic E-state index is 0.121. The van der Waals surface area contributed by atoms with Crippen molar-refractivity contribution in [1.82, 2.24) is 5.32 Å². The molecule has 3 N–H and O–H groups in total. The average molecular weight is 253 g/mol. The van der Waals surface area contributed by atoms with Crippen molar-refractivity contribution < 1.29 is 14.9 Å². The Hall–Kier alpha value is -1.26. The Kier molecular flexibility index (Phi) is 5.44. The number of aliphatic hydroxyl groups excluding tert-OH is 1. The predicted molar refractivity (Wildman–Crippen MR) is 71.9 cm³/mol. The van der Waals surface area contributed by atoms with E-state index >= 15 is 0 Å². The van der Waals surface area contributed by atoms with Gasteiger partial charge in [0, 0.05) is 24.3 Å². The van der Waals surface area contributed by atoms with Crippen LogP contribution in [0.4, 0.5) is 0 Å². The highest BCUT2D eigenvalue weighted by atomic mass is 16.5. The van der Waals surface area contributed by atoms with Crippen molar-refractivity contribution in [3.05, 3.63) is 23.8 Å². The smallest absolute Gasteiger partial charge is 0.162 e. The summed E-state index contributed by atoms with van der Waals surface area (Å²) in [5.74, 6) is 0.657. The molecule has 0 saturated heterocycles. The third kappa shape index (κ3) is 3.62. The summed E-state index contributed by atoms with van der Waals surface area (Å²) in [7, 11) is 1.54. The molecule has 4 nitrogen and oxygen atoms in total. The van der Waals surface area contributed by atoms with Crippen molar-refractivity contribution in [3.63, 3.8) is 0 Å². The van der Waals surface area contributed by atoms with E-state index in [1.54, 1.807) is 6.07 Å². The standard InChI is InChI=1S/C14H23NO3/c1-4-14(2,8-9-16)15-10-11-6-5-7-12(18-3)13(11)17/h5-7,15-17H,4,8-10H2,1-3H3. The third-order valence-electron chi connectivity index (χ3n) is 3.45. The molecule has 1 unspecified atom stereocenters. The first-order valence-corrected chi connectivity index (χ1v) is 6.27. The molecule has 1 aromatic rings. The summed E-state index contributed by atoms with van der Waals surface area (Å²) in [5, 5.41) is 22.4. The van der Waals surface area contributed by atoms with Crippen molar-refractivity contribution in [1.29, 1.82) is 0 Å². The lowest BCUT2D eigenvalue weighted by molar-refractivity contribution is 0.214. The molecule has 1 atom stereocenters. The minimum Gasteiger partial charge on any atom is -0.504 e. The maximum Gasteiger partial charge on any atom is 0.162 e. The van der Waals surface area contributed by atoms with Crippen molar-refractivity contribution in [3.8, 4) is 11.5 Å². The summed E-state index contributed by atoms with van der Waals surface area (Å²) in [4.78, 5) is 0. The quantitative estimate of drug-likeness (QED) is 0.696. The number of aromatic hydroxyl groups is 1. The lowest BCUT2D eigenvalue weighted by Gasteiger charge is -2.29. The molecule has 0 saturated carbocycles. The van der Waals surface area contributed by atoms with Gasteiger partial charge >= 0.3 is 0 Å². The molecule has 0 heterocycles. The highest BCUT2D eigenvalue weighted by Crippen LogP contribution is 2.29. The normalized spacial score (nSPS) is 14.2. The second-order valence-electron chi connectivity index (χ2n) is 4.71. The second-order valence-corrected chi connectivity index (χ2v) is 4.71. The van der Waals surface area contributed by atoms with Crippen LogP contribution in [0.15, 0.2) is 18.2 Å². The molecule has 1 rings (SSSR count). The number of hydrogen-bond acceptors (Lipinski definition) is 4. The summed E-state index contributed by atoms with van der Waals surface area (Å²) >= 11 is 0. The van der Waals surface area contributed by atoms with Crippen LogP contribution in [0.25, 0.3) is 0 Å². The Balaban J connectivity index is 2.73. The molecule has 102 valence electrons. The molecule has 0 spiro atoms. The van der Waals surface area contributed by atoms with Gasteiger partial charge in [-0.3, -0.25) is 0 Å². The van der Waals surface area contributed by atoms with Gasteiger partial charge < -0.3 is 20.3 Å². The zero-order valence-electron chi connectivity index (χ0n) is 11.4. The number of methoxy groups -OCH3 is 1. The van der Waals surface area contributed by atoms with Gasteiger partial charge in [-0.1, -0.05) is 19.1 Å². The predicted octanol–water partition coefficient (Wildman–Crippen LogP) is 2.04. The molecule has 0 aliphatic heterocycles. The summed E-state index contributed by atoms with van der Waals surface area (Å²) in [5.41, 5.74) is 0.677. The fraction of sp³-hybridized carbons (Fsp3) is 0.571. The Morgan fingerprint density at radius 2 is 2.11 bits per heavy atom. The molecule has 4 heteroatoms. The molecule has 1 aromatic carbocycles. The molecule has 0 fully saturated rings. The summed E-state index contributed by atoms with van der Waals surface area (Å²) < 4.78 is 5.07. The lowest BCUT2D eigenvalue weighted by Crippen LogP contribution is -2.42. The highest BCUT2D eigenvalue weighted by molar-refractivity contribution is 5.45. The van der Waals surface area contributed by atoms with Crippen LogP contribution < -0.4 is 10.1 Å². The van der Waals surface area contributed by atoms with E-state index in [0.717, 1.165) is 12.0 Å². The molecule has 0 radical (unpaired) electrons. The van der Waals surface area contributed by atoms with E-state index in [2.05, 4.69) is 19.2 Å². The van der Waals surface area contributed by atoms with Crippen molar-refractivity contribution in [2.45, 2.75) is 38.8 Å². The van der Waals surface area contributed by atoms with E-state index in [1.165, 1.54) is 7.11 Å². The van der Waals surface area contributed by atoms with Crippen molar-refractivity contribution in [2.75, 3.05) is 13.7 Å². The van der Waals surface area contributed by atoms with Crippen LogP contribution in [0.2, 0.25) is 0 Å². The van der Waals surface area contributed by atoms with Gasteiger partial charge in [-0.25, -0.2) is 0 Å². The number of ether oxygens (including phenoxy) is 1. The zero-order valence-corrected chi connectivity index (χ0v) is 11.4. The molecule has 0 amide bonds. The summed E-state index contributed by atoms with van der Waals surface area (Å²) in [6.45, 7) is 4.85. The van der Waals surface area contributed by atoms with Crippen LogP contribution in [-0.4, -0.2) is 29.5 Å². The molecule has 0 aromatic heterocycles. The van der Waals surface area contributed by atoms with Gasteiger partial charge in [0.15, 0.2) is 11.5 Å². The second kappa shape index (κ2) is 6.61. The molecule has 0 bridgehead atoms. The summed E-state index contributed by atoms with van der Waals surface area (Å²) in [6.07, 6.45) is 1.60. The number of benzene rings is 1. The Morgan fingerprint density at radius 3 is 2.67 bits per heavy atom. The first-order valence-electron chi connectivity index (χ1n) is 6.27. The zero-order chi connectivity index (χ0) is 13.6. The fourth-order valence-corrected chi connectivity index (χ4v) is 1.82. The van der Waals surface area contributed by atoms with Crippen LogP contribution in [0.1, 0.15) is 32.3 Å². The monoisotopic (exact) mass is 253 g/mol.